The van der Waals surface area contributed by atoms with E-state index in [4.69, 9.17) is 5.84 Å². The molecule has 1 radical (unpaired) electrons. The Bertz CT molecular complexity index is 316. The van der Waals surface area contributed by atoms with Crippen molar-refractivity contribution >= 4 is 18.2 Å². The highest BCUT2D eigenvalue weighted by atomic mass is 16.2. The summed E-state index contributed by atoms with van der Waals surface area (Å²) >= 11 is 0. The molecule has 0 saturated carbocycles. The molecule has 0 unspecified atom stereocenters. The lowest BCUT2D eigenvalue weighted by atomic mass is 10.3. The number of hydrogen-bond acceptors (Lipinski definition) is 5. The van der Waals surface area contributed by atoms with Gasteiger partial charge in [0, 0.05) is 19.1 Å². The maximum absolute atomic E-state index is 11.6. The maximum Gasteiger partial charge on any atom is 0.317 e. The topological polar surface area (TPSA) is 91.0 Å². The van der Waals surface area contributed by atoms with Gasteiger partial charge in [-0.3, -0.25) is 19.4 Å². The number of piperazine rings is 1. The van der Waals surface area contributed by atoms with Crippen LogP contribution in [-0.4, -0.2) is 60.2 Å². The van der Waals surface area contributed by atoms with Crippen molar-refractivity contribution in [3.8, 4) is 0 Å². The molecule has 0 bridgehead atoms. The molecule has 7 heteroatoms. The van der Waals surface area contributed by atoms with Gasteiger partial charge in [0.05, 0.1) is 13.1 Å². The van der Waals surface area contributed by atoms with Crippen molar-refractivity contribution in [2.24, 2.45) is 10.9 Å². The molecule has 1 saturated heterocycles. The first-order valence-corrected chi connectivity index (χ1v) is 5.50. The third-order valence-electron chi connectivity index (χ3n) is 2.39. The van der Waals surface area contributed by atoms with Gasteiger partial charge in [-0.2, -0.15) is 5.10 Å². The van der Waals surface area contributed by atoms with Crippen LogP contribution in [0, 0.1) is 0 Å². The second kappa shape index (κ2) is 6.19. The Hall–Kier alpha value is -1.63. The second-order valence-corrected chi connectivity index (χ2v) is 4.22. The Morgan fingerprint density at radius 1 is 1.59 bits per heavy atom. The summed E-state index contributed by atoms with van der Waals surface area (Å²) in [5.41, 5.74) is 0. The van der Waals surface area contributed by atoms with Gasteiger partial charge in [-0.05, 0) is 13.8 Å². The molecule has 1 rings (SSSR count). The fraction of sp³-hybridized carbons (Fsp3) is 0.700. The Kier molecular flexibility index (Phi) is 4.89. The van der Waals surface area contributed by atoms with Gasteiger partial charge in [-0.1, -0.05) is 0 Å². The van der Waals surface area contributed by atoms with E-state index in [1.165, 1.54) is 4.90 Å². The van der Waals surface area contributed by atoms with Crippen LogP contribution in [0.3, 0.4) is 0 Å². The van der Waals surface area contributed by atoms with E-state index in [1.54, 1.807) is 6.41 Å². The van der Waals surface area contributed by atoms with Crippen LogP contribution >= 0.6 is 0 Å². The number of carbonyl (C=O) groups is 1. The van der Waals surface area contributed by atoms with Gasteiger partial charge in [0.15, 0.2) is 0 Å². The molecule has 1 heterocycles. The van der Waals surface area contributed by atoms with E-state index in [1.807, 2.05) is 18.7 Å². The summed E-state index contributed by atoms with van der Waals surface area (Å²) in [4.78, 5) is 25.3. The van der Waals surface area contributed by atoms with E-state index in [-0.39, 0.29) is 18.5 Å². The number of hydrazone groups is 1. The Morgan fingerprint density at radius 2 is 2.29 bits per heavy atom. The molecule has 0 spiro atoms. The number of amidine groups is 1. The van der Waals surface area contributed by atoms with Crippen molar-refractivity contribution in [2.45, 2.75) is 19.9 Å². The van der Waals surface area contributed by atoms with Crippen molar-refractivity contribution in [2.75, 3.05) is 26.2 Å². The molecule has 1 aliphatic rings. The van der Waals surface area contributed by atoms with E-state index in [0.717, 1.165) is 0 Å². The zero-order valence-electron chi connectivity index (χ0n) is 10.1. The predicted molar refractivity (Wildman–Crippen MR) is 63.7 cm³/mol. The molecule has 3 N–H and O–H groups in total. The first-order valence-electron chi connectivity index (χ1n) is 5.50. The summed E-state index contributed by atoms with van der Waals surface area (Å²) in [5.74, 6) is 5.58. The molecule has 0 aromatic carbocycles. The first-order chi connectivity index (χ1) is 8.06. The highest BCUT2D eigenvalue weighted by Crippen LogP contribution is 2.02. The Morgan fingerprint density at radius 3 is 2.82 bits per heavy atom. The molecular formula is C10H18N5O2. The van der Waals surface area contributed by atoms with Crippen LogP contribution in [0.15, 0.2) is 5.10 Å². The number of amides is 2. The third kappa shape index (κ3) is 4.03. The monoisotopic (exact) mass is 240 g/mol. The zero-order chi connectivity index (χ0) is 12.8. The molecule has 0 atom stereocenters. The predicted octanol–water partition coefficient (Wildman–Crippen LogP) is -1.53. The number of hydrogen-bond donors (Lipinski definition) is 2. The van der Waals surface area contributed by atoms with E-state index in [2.05, 4.69) is 10.4 Å². The van der Waals surface area contributed by atoms with Gasteiger partial charge in [-0.25, -0.2) is 0 Å². The minimum Gasteiger partial charge on any atom is -0.353 e. The van der Waals surface area contributed by atoms with Crippen LogP contribution in [0.2, 0.25) is 0 Å². The Balaban J connectivity index is 2.47. The van der Waals surface area contributed by atoms with Crippen LogP contribution in [0.5, 0.6) is 0 Å². The van der Waals surface area contributed by atoms with Crippen LogP contribution in [-0.2, 0) is 9.59 Å². The summed E-state index contributed by atoms with van der Waals surface area (Å²) in [6.45, 7) is 5.54. The number of rotatable bonds is 4. The van der Waals surface area contributed by atoms with Gasteiger partial charge in [0.2, 0.25) is 5.91 Å². The highest BCUT2D eigenvalue weighted by molar-refractivity contribution is 5.93. The van der Waals surface area contributed by atoms with Crippen molar-refractivity contribution in [1.29, 1.82) is 0 Å². The lowest BCUT2D eigenvalue weighted by Gasteiger charge is -2.32. The molecule has 0 aromatic heterocycles. The summed E-state index contributed by atoms with van der Waals surface area (Å²) in [6, 6.07) is 0.120. The van der Waals surface area contributed by atoms with E-state index in [0.29, 0.717) is 25.5 Å². The molecular weight excluding hydrogens is 222 g/mol. The number of nitrogens with zero attached hydrogens (tertiary/aromatic N) is 3. The van der Waals surface area contributed by atoms with Gasteiger partial charge in [-0.15, -0.1) is 0 Å². The zero-order valence-corrected chi connectivity index (χ0v) is 10.1. The molecule has 7 nitrogen and oxygen atoms in total. The van der Waals surface area contributed by atoms with Crippen molar-refractivity contribution in [3.63, 3.8) is 0 Å². The molecule has 0 aliphatic carbocycles. The van der Waals surface area contributed by atoms with Gasteiger partial charge < -0.3 is 11.2 Å². The molecule has 0 aromatic rings. The van der Waals surface area contributed by atoms with Crippen molar-refractivity contribution in [1.82, 2.24) is 15.1 Å². The summed E-state index contributed by atoms with van der Waals surface area (Å²) in [6.07, 6.45) is 1.76. The minimum absolute atomic E-state index is 0.0418. The maximum atomic E-state index is 11.6. The lowest BCUT2D eigenvalue weighted by Crippen LogP contribution is -2.52. The van der Waals surface area contributed by atoms with Crippen LogP contribution in [0.25, 0.3) is 0 Å². The first kappa shape index (κ1) is 13.4. The third-order valence-corrected chi connectivity index (χ3v) is 2.39. The van der Waals surface area contributed by atoms with Crippen LogP contribution < -0.4 is 11.2 Å². The van der Waals surface area contributed by atoms with Gasteiger partial charge >= 0.3 is 6.41 Å². The summed E-state index contributed by atoms with van der Waals surface area (Å²) in [7, 11) is 0. The lowest BCUT2D eigenvalue weighted by molar-refractivity contribution is -0.122. The second-order valence-electron chi connectivity index (χ2n) is 4.22. The Labute approximate surface area is 101 Å². The highest BCUT2D eigenvalue weighted by Gasteiger charge is 2.23. The fourth-order valence-corrected chi connectivity index (χ4v) is 1.65. The van der Waals surface area contributed by atoms with E-state index in [9.17, 15) is 9.59 Å². The number of nitrogens with two attached hydrogens (primary N) is 1. The average Bonchev–Trinajstić information content (AvgIpc) is 2.27. The van der Waals surface area contributed by atoms with Gasteiger partial charge in [0.1, 0.15) is 5.84 Å². The summed E-state index contributed by atoms with van der Waals surface area (Å²) < 4.78 is 0. The molecule has 95 valence electrons. The summed E-state index contributed by atoms with van der Waals surface area (Å²) in [5, 5.41) is 6.33. The van der Waals surface area contributed by atoms with E-state index >= 15 is 0 Å². The van der Waals surface area contributed by atoms with Gasteiger partial charge in [0.25, 0.3) is 0 Å². The molecule has 1 aliphatic heterocycles. The average molecular weight is 240 g/mol. The molecule has 17 heavy (non-hydrogen) atoms. The largest absolute Gasteiger partial charge is 0.353 e. The minimum atomic E-state index is -0.0418. The smallest absolute Gasteiger partial charge is 0.317 e. The van der Waals surface area contributed by atoms with E-state index < -0.39 is 0 Å². The number of nitrogens with one attached hydrogen (secondary N) is 1. The van der Waals surface area contributed by atoms with Crippen LogP contribution in [0.1, 0.15) is 13.8 Å². The van der Waals surface area contributed by atoms with Crippen molar-refractivity contribution in [3.05, 3.63) is 0 Å². The normalized spacial score (nSPS) is 19.7. The van der Waals surface area contributed by atoms with Crippen LogP contribution in [0.4, 0.5) is 0 Å². The van der Waals surface area contributed by atoms with Crippen molar-refractivity contribution < 1.29 is 9.59 Å². The number of carbonyl (C=O) groups excluding carboxylic acids is 2. The quantitative estimate of drug-likeness (QED) is 0.460. The molecule has 1 fully saturated rings. The molecule has 2 amide bonds. The standard InChI is InChI=1S/C10H18N5O2/c1-8(2)12-10(17)6-14-3-4-15(7-16)9(5-14)13-11/h8H,3-6,11H2,1-2H3,(H,12,17). The SMILES string of the molecule is CC(C)NC(=O)CN1CCN([C]=O)C(=NN)C1. The fourth-order valence-electron chi connectivity index (χ4n) is 1.65.